The molecule has 0 spiro atoms. The van der Waals surface area contributed by atoms with Crippen molar-refractivity contribution in [3.05, 3.63) is 12.2 Å². The summed E-state index contributed by atoms with van der Waals surface area (Å²) in [5.41, 5.74) is 5.73. The van der Waals surface area contributed by atoms with E-state index >= 15 is 0 Å². The van der Waals surface area contributed by atoms with E-state index in [9.17, 15) is 0 Å². The van der Waals surface area contributed by atoms with Crippen molar-refractivity contribution >= 4 is 0 Å². The highest BCUT2D eigenvalue weighted by Crippen LogP contribution is 2.07. The molecule has 1 heterocycles. The van der Waals surface area contributed by atoms with Crippen molar-refractivity contribution in [2.45, 2.75) is 52.3 Å². The quantitative estimate of drug-likeness (QED) is 0.761. The molecule has 1 rings (SSSR count). The lowest BCUT2D eigenvalue weighted by molar-refractivity contribution is 0.0712. The zero-order valence-corrected chi connectivity index (χ0v) is 10.4. The molecule has 0 amide bonds. The van der Waals surface area contributed by atoms with E-state index in [-0.39, 0.29) is 5.54 Å². The Kier molecular flexibility index (Phi) is 4.89. The van der Waals surface area contributed by atoms with Gasteiger partial charge >= 0.3 is 0 Å². The van der Waals surface area contributed by atoms with Gasteiger partial charge in [0.25, 0.3) is 0 Å². The van der Waals surface area contributed by atoms with E-state index in [1.165, 1.54) is 0 Å². The molecular formula is C11H22N4O. The van der Waals surface area contributed by atoms with Gasteiger partial charge in [0.05, 0.1) is 6.61 Å². The zero-order valence-electron chi connectivity index (χ0n) is 10.4. The van der Waals surface area contributed by atoms with Gasteiger partial charge in [0.1, 0.15) is 12.9 Å². The molecule has 0 saturated heterocycles. The monoisotopic (exact) mass is 226 g/mol. The van der Waals surface area contributed by atoms with E-state index < -0.39 is 0 Å². The standard InChI is InChI=1S/C11H22N4O/c1-4-6-15-10(13-9-14-15)7-16-8-11(3,12)5-2/h9H,4-8,12H2,1-3H3. The molecule has 0 bridgehead atoms. The molecule has 0 aliphatic heterocycles. The topological polar surface area (TPSA) is 66.0 Å². The van der Waals surface area contributed by atoms with Crippen molar-refractivity contribution in [2.75, 3.05) is 6.61 Å². The van der Waals surface area contributed by atoms with Crippen molar-refractivity contribution < 1.29 is 4.74 Å². The molecular weight excluding hydrogens is 204 g/mol. The Bertz CT molecular complexity index is 309. The fourth-order valence-electron chi connectivity index (χ4n) is 1.28. The molecule has 0 fully saturated rings. The summed E-state index contributed by atoms with van der Waals surface area (Å²) in [6.07, 6.45) is 3.50. The minimum absolute atomic E-state index is 0.254. The van der Waals surface area contributed by atoms with Gasteiger partial charge in [0.15, 0.2) is 5.82 Å². The normalized spacial score (nSPS) is 15.0. The van der Waals surface area contributed by atoms with Gasteiger partial charge < -0.3 is 10.5 Å². The number of ether oxygens (including phenoxy) is 1. The number of nitrogens with zero attached hydrogens (tertiary/aromatic N) is 3. The van der Waals surface area contributed by atoms with Gasteiger partial charge in [-0.05, 0) is 19.8 Å². The molecule has 1 atom stereocenters. The molecule has 0 saturated carbocycles. The average molecular weight is 226 g/mol. The predicted molar refractivity (Wildman–Crippen MR) is 62.9 cm³/mol. The van der Waals surface area contributed by atoms with Gasteiger partial charge in [-0.15, -0.1) is 0 Å². The van der Waals surface area contributed by atoms with Crippen LogP contribution < -0.4 is 5.73 Å². The van der Waals surface area contributed by atoms with Gasteiger partial charge in [-0.1, -0.05) is 13.8 Å². The molecule has 0 aliphatic carbocycles. The second kappa shape index (κ2) is 5.96. The first-order valence-electron chi connectivity index (χ1n) is 5.82. The third-order valence-electron chi connectivity index (χ3n) is 2.60. The van der Waals surface area contributed by atoms with Crippen LogP contribution >= 0.6 is 0 Å². The fourth-order valence-corrected chi connectivity index (χ4v) is 1.28. The minimum Gasteiger partial charge on any atom is -0.372 e. The fraction of sp³-hybridized carbons (Fsp3) is 0.818. The van der Waals surface area contributed by atoms with Crippen LogP contribution in [0.25, 0.3) is 0 Å². The molecule has 0 aliphatic rings. The second-order valence-electron chi connectivity index (χ2n) is 4.40. The summed E-state index contributed by atoms with van der Waals surface area (Å²) in [6, 6.07) is 0. The zero-order chi connectivity index (χ0) is 12.0. The highest BCUT2D eigenvalue weighted by atomic mass is 16.5. The van der Waals surface area contributed by atoms with Gasteiger partial charge in [-0.2, -0.15) is 5.10 Å². The molecule has 2 N–H and O–H groups in total. The lowest BCUT2D eigenvalue weighted by Crippen LogP contribution is -2.40. The van der Waals surface area contributed by atoms with E-state index in [0.717, 1.165) is 25.2 Å². The second-order valence-corrected chi connectivity index (χ2v) is 4.40. The van der Waals surface area contributed by atoms with Crippen LogP contribution in [-0.2, 0) is 17.9 Å². The number of nitrogens with two attached hydrogens (primary N) is 1. The molecule has 0 radical (unpaired) electrons. The van der Waals surface area contributed by atoms with E-state index in [1.54, 1.807) is 6.33 Å². The van der Waals surface area contributed by atoms with Crippen LogP contribution in [0.1, 0.15) is 39.4 Å². The molecule has 1 aromatic heterocycles. The van der Waals surface area contributed by atoms with Crippen LogP contribution in [0.15, 0.2) is 6.33 Å². The highest BCUT2D eigenvalue weighted by molar-refractivity contribution is 4.82. The smallest absolute Gasteiger partial charge is 0.152 e. The van der Waals surface area contributed by atoms with Crippen molar-refractivity contribution in [1.29, 1.82) is 0 Å². The van der Waals surface area contributed by atoms with Gasteiger partial charge in [0.2, 0.25) is 0 Å². The Labute approximate surface area is 97.0 Å². The van der Waals surface area contributed by atoms with Crippen molar-refractivity contribution in [3.8, 4) is 0 Å². The lowest BCUT2D eigenvalue weighted by atomic mass is 10.0. The maximum absolute atomic E-state index is 5.98. The molecule has 5 nitrogen and oxygen atoms in total. The Hall–Kier alpha value is -0.940. The van der Waals surface area contributed by atoms with Gasteiger partial charge in [0, 0.05) is 12.1 Å². The number of hydrogen-bond donors (Lipinski definition) is 1. The lowest BCUT2D eigenvalue weighted by Gasteiger charge is -2.22. The molecule has 0 aromatic carbocycles. The molecule has 5 heteroatoms. The van der Waals surface area contributed by atoms with Crippen LogP contribution in [0.2, 0.25) is 0 Å². The molecule has 1 unspecified atom stereocenters. The van der Waals surface area contributed by atoms with E-state index in [2.05, 4.69) is 23.9 Å². The summed E-state index contributed by atoms with van der Waals surface area (Å²) >= 11 is 0. The van der Waals surface area contributed by atoms with E-state index in [0.29, 0.717) is 13.2 Å². The average Bonchev–Trinajstić information content (AvgIpc) is 2.66. The molecule has 16 heavy (non-hydrogen) atoms. The Morgan fingerprint density at radius 2 is 2.25 bits per heavy atom. The van der Waals surface area contributed by atoms with Crippen LogP contribution in [0.5, 0.6) is 0 Å². The van der Waals surface area contributed by atoms with E-state index in [1.807, 2.05) is 11.6 Å². The summed E-state index contributed by atoms with van der Waals surface area (Å²) in [7, 11) is 0. The molecule has 92 valence electrons. The predicted octanol–water partition coefficient (Wildman–Crippen LogP) is 1.33. The number of aromatic nitrogens is 3. The number of rotatable bonds is 7. The maximum Gasteiger partial charge on any atom is 0.152 e. The third kappa shape index (κ3) is 3.90. The summed E-state index contributed by atoms with van der Waals surface area (Å²) < 4.78 is 7.45. The Morgan fingerprint density at radius 1 is 1.50 bits per heavy atom. The van der Waals surface area contributed by atoms with Gasteiger partial charge in [-0.25, -0.2) is 9.67 Å². The highest BCUT2D eigenvalue weighted by Gasteiger charge is 2.16. The van der Waals surface area contributed by atoms with Crippen LogP contribution in [0.4, 0.5) is 0 Å². The molecule has 1 aromatic rings. The maximum atomic E-state index is 5.98. The van der Waals surface area contributed by atoms with Crippen LogP contribution in [-0.4, -0.2) is 26.9 Å². The van der Waals surface area contributed by atoms with Crippen molar-refractivity contribution in [2.24, 2.45) is 5.73 Å². The van der Waals surface area contributed by atoms with E-state index in [4.69, 9.17) is 10.5 Å². The summed E-state index contributed by atoms with van der Waals surface area (Å²) in [5.74, 6) is 0.869. The third-order valence-corrected chi connectivity index (χ3v) is 2.60. The summed E-state index contributed by atoms with van der Waals surface area (Å²) in [5, 5.41) is 4.14. The number of hydrogen-bond acceptors (Lipinski definition) is 4. The first kappa shape index (κ1) is 13.1. The number of aryl methyl sites for hydroxylation is 1. The Morgan fingerprint density at radius 3 is 2.88 bits per heavy atom. The SMILES string of the molecule is CCCn1ncnc1COCC(C)(N)CC. The Balaban J connectivity index is 2.39. The van der Waals surface area contributed by atoms with Crippen LogP contribution in [0, 0.1) is 0 Å². The largest absolute Gasteiger partial charge is 0.372 e. The summed E-state index contributed by atoms with van der Waals surface area (Å²) in [6.45, 7) is 8.06. The first-order valence-corrected chi connectivity index (χ1v) is 5.82. The minimum atomic E-state index is -0.254. The van der Waals surface area contributed by atoms with Crippen LogP contribution in [0.3, 0.4) is 0 Å². The van der Waals surface area contributed by atoms with Gasteiger partial charge in [-0.3, -0.25) is 0 Å². The summed E-state index contributed by atoms with van der Waals surface area (Å²) in [4.78, 5) is 4.17. The first-order chi connectivity index (χ1) is 7.59. The van der Waals surface area contributed by atoms with Crippen molar-refractivity contribution in [1.82, 2.24) is 14.8 Å². The van der Waals surface area contributed by atoms with Crippen molar-refractivity contribution in [3.63, 3.8) is 0 Å².